The molecule has 3 aromatic carbocycles. The number of alkyl halides is 3. The number of rotatable bonds is 6. The van der Waals surface area contributed by atoms with Crippen molar-refractivity contribution in [3.05, 3.63) is 89.2 Å². The summed E-state index contributed by atoms with van der Waals surface area (Å²) in [7, 11) is 0. The van der Waals surface area contributed by atoms with Crippen molar-refractivity contribution >= 4 is 40.4 Å². The third-order valence-electron chi connectivity index (χ3n) is 5.88. The van der Waals surface area contributed by atoms with Crippen molar-refractivity contribution in [2.24, 2.45) is 10.2 Å². The van der Waals surface area contributed by atoms with Crippen LogP contribution in [0.1, 0.15) is 18.1 Å². The Kier molecular flexibility index (Phi) is 7.62. The average molecular weight is 571 g/mol. The summed E-state index contributed by atoms with van der Waals surface area (Å²) in [6.07, 6.45) is -1.57. The fraction of sp³-hybridized carbons (Fsp3) is 0.185. The summed E-state index contributed by atoms with van der Waals surface area (Å²) in [5, 5.41) is 14.7. The lowest BCUT2D eigenvalue weighted by Crippen LogP contribution is -2.32. The van der Waals surface area contributed by atoms with Crippen LogP contribution in [-0.2, 0) is 0 Å². The molecule has 0 N–H and O–H groups in total. The van der Waals surface area contributed by atoms with Gasteiger partial charge >= 0.3 is 6.36 Å². The van der Waals surface area contributed by atoms with Gasteiger partial charge in [0.05, 0.1) is 22.6 Å². The van der Waals surface area contributed by atoms with Crippen LogP contribution in [0.4, 0.5) is 18.9 Å². The zero-order chi connectivity index (χ0) is 27.6. The van der Waals surface area contributed by atoms with Crippen molar-refractivity contribution in [2.45, 2.75) is 26.3 Å². The number of nitrogens with zero attached hydrogens (tertiary/aromatic N) is 6. The maximum atomic E-state index is 12.4. The molecule has 2 heterocycles. The molecule has 0 saturated carbocycles. The van der Waals surface area contributed by atoms with Gasteiger partial charge < -0.3 is 9.64 Å². The molecule has 1 fully saturated rings. The SMILES string of the molecule is Cc1cccc(Cl)c1N1C(=NN=Cc2ccc(-c3ncn(-c4ccc(OC(F)(F)F)cc4)n3)cc2)SCC1C. The topological polar surface area (TPSA) is 67.9 Å². The number of hydrogen-bond acceptors (Lipinski definition) is 6. The number of aromatic nitrogens is 3. The van der Waals surface area contributed by atoms with E-state index in [2.05, 4.69) is 36.8 Å². The normalized spacial score (nSPS) is 16.9. The van der Waals surface area contributed by atoms with E-state index >= 15 is 0 Å². The highest BCUT2D eigenvalue weighted by Gasteiger charge is 2.31. The first-order chi connectivity index (χ1) is 18.7. The van der Waals surface area contributed by atoms with Gasteiger partial charge in [-0.2, -0.15) is 5.10 Å². The fourth-order valence-corrected chi connectivity index (χ4v) is 5.40. The summed E-state index contributed by atoms with van der Waals surface area (Å²) >= 11 is 8.14. The van der Waals surface area contributed by atoms with Crippen molar-refractivity contribution in [2.75, 3.05) is 10.7 Å². The molecule has 0 aliphatic carbocycles. The molecule has 1 atom stereocenters. The zero-order valence-electron chi connectivity index (χ0n) is 20.8. The van der Waals surface area contributed by atoms with Crippen LogP contribution in [0.3, 0.4) is 0 Å². The van der Waals surface area contributed by atoms with Gasteiger partial charge in [-0.05, 0) is 55.3 Å². The lowest BCUT2D eigenvalue weighted by atomic mass is 10.1. The number of aryl methyl sites for hydroxylation is 1. The number of anilines is 1. The molecule has 39 heavy (non-hydrogen) atoms. The number of ether oxygens (including phenoxy) is 1. The summed E-state index contributed by atoms with van der Waals surface area (Å²) in [4.78, 5) is 6.44. The quantitative estimate of drug-likeness (QED) is 0.182. The van der Waals surface area contributed by atoms with Crippen LogP contribution in [0.2, 0.25) is 5.02 Å². The second-order valence-corrected chi connectivity index (χ2v) is 10.1. The average Bonchev–Trinajstić information content (AvgIpc) is 3.52. The van der Waals surface area contributed by atoms with Gasteiger partial charge in [-0.15, -0.1) is 23.4 Å². The molecule has 1 saturated heterocycles. The first kappa shape index (κ1) is 26.8. The highest BCUT2D eigenvalue weighted by molar-refractivity contribution is 8.14. The van der Waals surface area contributed by atoms with E-state index in [4.69, 9.17) is 11.6 Å². The molecule has 0 amide bonds. The summed E-state index contributed by atoms with van der Waals surface area (Å²) in [6, 6.07) is 18.9. The molecule has 200 valence electrons. The number of benzene rings is 3. The minimum atomic E-state index is -4.74. The molecular weight excluding hydrogens is 549 g/mol. The van der Waals surface area contributed by atoms with E-state index in [1.54, 1.807) is 18.0 Å². The largest absolute Gasteiger partial charge is 0.573 e. The second kappa shape index (κ2) is 11.1. The van der Waals surface area contributed by atoms with E-state index in [1.807, 2.05) is 49.4 Å². The molecule has 1 unspecified atom stereocenters. The number of thioether (sulfide) groups is 1. The Labute approximate surface area is 232 Å². The molecular formula is C27H22ClF3N6OS. The van der Waals surface area contributed by atoms with E-state index < -0.39 is 6.36 Å². The Morgan fingerprint density at radius 3 is 2.51 bits per heavy atom. The van der Waals surface area contributed by atoms with Gasteiger partial charge in [0.1, 0.15) is 12.1 Å². The molecule has 1 aliphatic heterocycles. The van der Waals surface area contributed by atoms with Crippen LogP contribution in [-0.4, -0.2) is 44.3 Å². The third-order valence-corrected chi connectivity index (χ3v) is 7.37. The lowest BCUT2D eigenvalue weighted by Gasteiger charge is -2.25. The number of hydrogen-bond donors (Lipinski definition) is 0. The maximum Gasteiger partial charge on any atom is 0.573 e. The first-order valence-electron chi connectivity index (χ1n) is 11.8. The molecule has 1 aliphatic rings. The zero-order valence-corrected chi connectivity index (χ0v) is 22.4. The van der Waals surface area contributed by atoms with E-state index in [0.29, 0.717) is 16.5 Å². The minimum Gasteiger partial charge on any atom is -0.406 e. The van der Waals surface area contributed by atoms with Crippen molar-refractivity contribution in [1.82, 2.24) is 14.8 Å². The Bertz CT molecular complexity index is 1500. The smallest absolute Gasteiger partial charge is 0.406 e. The molecule has 0 bridgehead atoms. The van der Waals surface area contributed by atoms with E-state index in [9.17, 15) is 13.2 Å². The van der Waals surface area contributed by atoms with Crippen molar-refractivity contribution in [3.63, 3.8) is 0 Å². The van der Waals surface area contributed by atoms with E-state index in [1.165, 1.54) is 35.3 Å². The number of amidine groups is 1. The van der Waals surface area contributed by atoms with E-state index in [-0.39, 0.29) is 11.8 Å². The van der Waals surface area contributed by atoms with Crippen LogP contribution in [0.5, 0.6) is 5.75 Å². The molecule has 4 aromatic rings. The van der Waals surface area contributed by atoms with E-state index in [0.717, 1.165) is 33.3 Å². The number of para-hydroxylation sites is 1. The Balaban J connectivity index is 1.27. The summed E-state index contributed by atoms with van der Waals surface area (Å²) in [5.74, 6) is 1.05. The first-order valence-corrected chi connectivity index (χ1v) is 13.2. The van der Waals surface area contributed by atoms with Crippen LogP contribution >= 0.6 is 23.4 Å². The maximum absolute atomic E-state index is 12.4. The molecule has 1 aromatic heterocycles. The molecule has 5 rings (SSSR count). The van der Waals surface area contributed by atoms with Gasteiger partial charge in [0.2, 0.25) is 0 Å². The van der Waals surface area contributed by atoms with Gasteiger partial charge in [0.15, 0.2) is 11.0 Å². The Hall–Kier alpha value is -3.83. The Morgan fingerprint density at radius 2 is 1.82 bits per heavy atom. The monoisotopic (exact) mass is 570 g/mol. The van der Waals surface area contributed by atoms with Gasteiger partial charge in [0, 0.05) is 17.4 Å². The highest BCUT2D eigenvalue weighted by Crippen LogP contribution is 2.37. The second-order valence-electron chi connectivity index (χ2n) is 8.74. The highest BCUT2D eigenvalue weighted by atomic mass is 35.5. The third kappa shape index (κ3) is 6.26. The summed E-state index contributed by atoms with van der Waals surface area (Å²) in [6.45, 7) is 4.16. The number of halogens is 4. The van der Waals surface area contributed by atoms with Crippen LogP contribution in [0.25, 0.3) is 17.1 Å². The Morgan fingerprint density at radius 1 is 1.08 bits per heavy atom. The van der Waals surface area contributed by atoms with Crippen LogP contribution in [0.15, 0.2) is 83.3 Å². The molecule has 0 radical (unpaired) electrons. The van der Waals surface area contributed by atoms with Gasteiger partial charge in [-0.1, -0.05) is 59.8 Å². The van der Waals surface area contributed by atoms with Gasteiger partial charge in [-0.3, -0.25) is 0 Å². The van der Waals surface area contributed by atoms with Crippen LogP contribution < -0.4 is 9.64 Å². The summed E-state index contributed by atoms with van der Waals surface area (Å²) in [5.41, 5.74) is 4.19. The lowest BCUT2D eigenvalue weighted by molar-refractivity contribution is -0.274. The summed E-state index contributed by atoms with van der Waals surface area (Å²) < 4.78 is 42.5. The predicted octanol–water partition coefficient (Wildman–Crippen LogP) is 7.13. The molecule has 7 nitrogen and oxygen atoms in total. The van der Waals surface area contributed by atoms with Crippen molar-refractivity contribution in [1.29, 1.82) is 0 Å². The molecule has 0 spiro atoms. The minimum absolute atomic E-state index is 0.236. The standard InChI is InChI=1S/C27H22ClF3N6OS/c1-17-4-3-5-23(28)24(17)37-18(2)15-39-26(37)34-33-14-19-6-8-20(9-7-19)25-32-16-36(35-25)21-10-12-22(13-11-21)38-27(29,30)31/h3-14,16,18H,15H2,1-2H3. The van der Waals surface area contributed by atoms with Gasteiger partial charge in [-0.25, -0.2) is 9.67 Å². The van der Waals surface area contributed by atoms with Crippen molar-refractivity contribution < 1.29 is 17.9 Å². The fourth-order valence-electron chi connectivity index (χ4n) is 4.03. The van der Waals surface area contributed by atoms with Crippen molar-refractivity contribution in [3.8, 4) is 22.8 Å². The van der Waals surface area contributed by atoms with Gasteiger partial charge in [0.25, 0.3) is 0 Å². The predicted molar refractivity (Wildman–Crippen MR) is 149 cm³/mol. The van der Waals surface area contributed by atoms with Crippen LogP contribution in [0, 0.1) is 6.92 Å². The molecule has 12 heteroatoms.